The summed E-state index contributed by atoms with van der Waals surface area (Å²) >= 11 is 0. The van der Waals surface area contributed by atoms with Gasteiger partial charge in [0.1, 0.15) is 12.4 Å². The molecule has 0 aliphatic rings. The Morgan fingerprint density at radius 3 is 2.56 bits per heavy atom. The second kappa shape index (κ2) is 7.71. The van der Waals surface area contributed by atoms with Gasteiger partial charge in [-0.1, -0.05) is 25.1 Å². The second-order valence-electron chi connectivity index (χ2n) is 3.86. The zero-order valence-electron chi connectivity index (χ0n) is 11.1. The Morgan fingerprint density at radius 2 is 1.94 bits per heavy atom. The third-order valence-corrected chi connectivity index (χ3v) is 2.73. The van der Waals surface area contributed by atoms with Crippen molar-refractivity contribution in [2.45, 2.75) is 19.3 Å². The number of methoxy groups -OCH3 is 2. The molecule has 0 heterocycles. The van der Waals surface area contributed by atoms with Crippen molar-refractivity contribution in [3.8, 4) is 5.75 Å². The first-order valence-corrected chi connectivity index (χ1v) is 6.03. The lowest BCUT2D eigenvalue weighted by atomic mass is 9.96. The summed E-state index contributed by atoms with van der Waals surface area (Å²) in [5.41, 5.74) is 0.864. The smallest absolute Gasteiger partial charge is 0.313 e. The van der Waals surface area contributed by atoms with E-state index < -0.39 is 0 Å². The molecular formula is C14H20O4. The van der Waals surface area contributed by atoms with Crippen LogP contribution in [0.3, 0.4) is 0 Å². The number of hydrogen-bond donors (Lipinski definition) is 0. The van der Waals surface area contributed by atoms with Gasteiger partial charge in [-0.15, -0.1) is 0 Å². The van der Waals surface area contributed by atoms with Crippen LogP contribution in [0.25, 0.3) is 0 Å². The number of carbonyl (C=O) groups excluding carboxylic acids is 1. The number of benzene rings is 1. The maximum Gasteiger partial charge on any atom is 0.313 e. The molecule has 1 aromatic carbocycles. The summed E-state index contributed by atoms with van der Waals surface area (Å²) in [5, 5.41) is 0. The van der Waals surface area contributed by atoms with Crippen LogP contribution in [0.15, 0.2) is 24.3 Å². The van der Waals surface area contributed by atoms with Crippen LogP contribution >= 0.6 is 0 Å². The van der Waals surface area contributed by atoms with Crippen molar-refractivity contribution in [1.82, 2.24) is 0 Å². The van der Waals surface area contributed by atoms with Gasteiger partial charge in [-0.05, 0) is 12.5 Å². The molecule has 0 saturated carbocycles. The molecular weight excluding hydrogens is 232 g/mol. The highest BCUT2D eigenvalue weighted by Crippen LogP contribution is 2.29. The van der Waals surface area contributed by atoms with E-state index in [1.807, 2.05) is 31.2 Å². The van der Waals surface area contributed by atoms with Crippen LogP contribution in [-0.4, -0.2) is 33.4 Å². The first-order valence-electron chi connectivity index (χ1n) is 6.03. The normalized spacial score (nSPS) is 11.9. The summed E-state index contributed by atoms with van der Waals surface area (Å²) in [4.78, 5) is 11.7. The van der Waals surface area contributed by atoms with E-state index in [1.165, 1.54) is 7.11 Å². The van der Waals surface area contributed by atoms with Crippen LogP contribution in [0.1, 0.15) is 24.8 Å². The van der Waals surface area contributed by atoms with Gasteiger partial charge >= 0.3 is 5.97 Å². The fourth-order valence-corrected chi connectivity index (χ4v) is 1.79. The fraction of sp³-hybridized carbons (Fsp3) is 0.500. The Hall–Kier alpha value is -1.55. The van der Waals surface area contributed by atoms with E-state index >= 15 is 0 Å². The quantitative estimate of drug-likeness (QED) is 0.552. The molecule has 0 saturated heterocycles. The summed E-state index contributed by atoms with van der Waals surface area (Å²) < 4.78 is 15.4. The Labute approximate surface area is 108 Å². The van der Waals surface area contributed by atoms with E-state index in [2.05, 4.69) is 0 Å². The van der Waals surface area contributed by atoms with Crippen LogP contribution in [0.4, 0.5) is 0 Å². The SMILES string of the molecule is CCC(C(=O)OC)c1ccccc1OCCOC. The van der Waals surface area contributed by atoms with E-state index in [1.54, 1.807) is 7.11 Å². The van der Waals surface area contributed by atoms with Gasteiger partial charge < -0.3 is 14.2 Å². The fourth-order valence-electron chi connectivity index (χ4n) is 1.79. The van der Waals surface area contributed by atoms with Crippen molar-refractivity contribution in [2.24, 2.45) is 0 Å². The minimum Gasteiger partial charge on any atom is -0.491 e. The lowest BCUT2D eigenvalue weighted by Crippen LogP contribution is -2.15. The predicted octanol–water partition coefficient (Wildman–Crippen LogP) is 2.38. The van der Waals surface area contributed by atoms with E-state index in [0.29, 0.717) is 25.4 Å². The molecule has 0 N–H and O–H groups in total. The van der Waals surface area contributed by atoms with Gasteiger partial charge in [0.15, 0.2) is 0 Å². The van der Waals surface area contributed by atoms with Crippen molar-refractivity contribution < 1.29 is 19.0 Å². The monoisotopic (exact) mass is 252 g/mol. The predicted molar refractivity (Wildman–Crippen MR) is 68.9 cm³/mol. The molecule has 0 aliphatic carbocycles. The molecule has 18 heavy (non-hydrogen) atoms. The van der Waals surface area contributed by atoms with Gasteiger partial charge in [0.25, 0.3) is 0 Å². The van der Waals surface area contributed by atoms with Crippen molar-refractivity contribution in [2.75, 3.05) is 27.4 Å². The van der Waals surface area contributed by atoms with Crippen LogP contribution in [-0.2, 0) is 14.3 Å². The molecule has 0 aliphatic heterocycles. The maximum atomic E-state index is 11.7. The standard InChI is InChI=1S/C14H20O4/c1-4-11(14(15)17-3)12-7-5-6-8-13(12)18-10-9-16-2/h5-8,11H,4,9-10H2,1-3H3. The van der Waals surface area contributed by atoms with Gasteiger partial charge in [-0.3, -0.25) is 4.79 Å². The van der Waals surface area contributed by atoms with Gasteiger partial charge in [0.2, 0.25) is 0 Å². The highest BCUT2D eigenvalue weighted by molar-refractivity contribution is 5.79. The summed E-state index contributed by atoms with van der Waals surface area (Å²) in [6.07, 6.45) is 0.678. The number of ether oxygens (including phenoxy) is 3. The Bertz CT molecular complexity index is 376. The summed E-state index contributed by atoms with van der Waals surface area (Å²) in [5.74, 6) is 0.195. The molecule has 0 spiro atoms. The van der Waals surface area contributed by atoms with E-state index in [-0.39, 0.29) is 11.9 Å². The summed E-state index contributed by atoms with van der Waals surface area (Å²) in [7, 11) is 3.03. The second-order valence-corrected chi connectivity index (χ2v) is 3.86. The van der Waals surface area contributed by atoms with Crippen LogP contribution in [0.2, 0.25) is 0 Å². The zero-order valence-corrected chi connectivity index (χ0v) is 11.1. The topological polar surface area (TPSA) is 44.8 Å². The van der Waals surface area contributed by atoms with Gasteiger partial charge in [0.05, 0.1) is 19.6 Å². The van der Waals surface area contributed by atoms with Gasteiger partial charge in [0, 0.05) is 12.7 Å². The molecule has 1 unspecified atom stereocenters. The molecule has 0 fully saturated rings. The average molecular weight is 252 g/mol. The molecule has 0 aromatic heterocycles. The van der Waals surface area contributed by atoms with Crippen molar-refractivity contribution in [3.05, 3.63) is 29.8 Å². The molecule has 1 rings (SSSR count). The Morgan fingerprint density at radius 1 is 1.22 bits per heavy atom. The molecule has 100 valence electrons. The van der Waals surface area contributed by atoms with Crippen molar-refractivity contribution in [1.29, 1.82) is 0 Å². The van der Waals surface area contributed by atoms with E-state index in [4.69, 9.17) is 14.2 Å². The number of para-hydroxylation sites is 1. The maximum absolute atomic E-state index is 11.7. The molecule has 0 amide bonds. The largest absolute Gasteiger partial charge is 0.491 e. The van der Waals surface area contributed by atoms with Crippen LogP contribution in [0, 0.1) is 0 Å². The molecule has 0 bridgehead atoms. The first kappa shape index (κ1) is 14.5. The van der Waals surface area contributed by atoms with Crippen LogP contribution < -0.4 is 4.74 Å². The highest BCUT2D eigenvalue weighted by atomic mass is 16.5. The average Bonchev–Trinajstić information content (AvgIpc) is 2.41. The molecule has 4 nitrogen and oxygen atoms in total. The third-order valence-electron chi connectivity index (χ3n) is 2.73. The van der Waals surface area contributed by atoms with E-state index in [9.17, 15) is 4.79 Å². The number of carbonyl (C=O) groups is 1. The Balaban J connectivity index is 2.88. The van der Waals surface area contributed by atoms with Gasteiger partial charge in [-0.2, -0.15) is 0 Å². The molecule has 1 atom stereocenters. The van der Waals surface area contributed by atoms with E-state index in [0.717, 1.165) is 5.56 Å². The summed E-state index contributed by atoms with van der Waals surface area (Å²) in [6, 6.07) is 7.53. The highest BCUT2D eigenvalue weighted by Gasteiger charge is 2.22. The first-order chi connectivity index (χ1) is 8.74. The molecule has 1 aromatic rings. The Kier molecular flexibility index (Phi) is 6.22. The zero-order chi connectivity index (χ0) is 13.4. The van der Waals surface area contributed by atoms with Crippen molar-refractivity contribution in [3.63, 3.8) is 0 Å². The van der Waals surface area contributed by atoms with Crippen LogP contribution in [0.5, 0.6) is 5.75 Å². The number of rotatable bonds is 7. The third kappa shape index (κ3) is 3.74. The minimum atomic E-state index is -0.284. The van der Waals surface area contributed by atoms with Crippen molar-refractivity contribution >= 4 is 5.97 Å². The molecule has 4 heteroatoms. The number of hydrogen-bond acceptors (Lipinski definition) is 4. The molecule has 0 radical (unpaired) electrons. The van der Waals surface area contributed by atoms with Gasteiger partial charge in [-0.25, -0.2) is 0 Å². The number of esters is 1. The summed E-state index contributed by atoms with van der Waals surface area (Å²) in [6.45, 7) is 2.93. The lowest BCUT2D eigenvalue weighted by molar-refractivity contribution is -0.142. The minimum absolute atomic E-state index is 0.236. The lowest BCUT2D eigenvalue weighted by Gasteiger charge is -2.17.